The normalized spacial score (nSPS) is 22.2. The summed E-state index contributed by atoms with van der Waals surface area (Å²) in [6.45, 7) is 8.90. The maximum absolute atomic E-state index is 9.69. The fourth-order valence-corrected chi connectivity index (χ4v) is 6.40. The average Bonchev–Trinajstić information content (AvgIpc) is 3.46. The number of phenols is 2. The maximum atomic E-state index is 9.69. The summed E-state index contributed by atoms with van der Waals surface area (Å²) in [5.41, 5.74) is 8.42. The summed E-state index contributed by atoms with van der Waals surface area (Å²) >= 11 is 0. The van der Waals surface area contributed by atoms with Gasteiger partial charge in [0.15, 0.2) is 0 Å². The number of aromatic hydroxyl groups is 2. The van der Waals surface area contributed by atoms with Crippen LogP contribution in [-0.4, -0.2) is 10.2 Å². The highest BCUT2D eigenvalue weighted by atomic mass is 16.5. The van der Waals surface area contributed by atoms with Gasteiger partial charge in [0.1, 0.15) is 35.2 Å². The first kappa shape index (κ1) is 26.1. The molecule has 2 heterocycles. The number of phenolic OH excluding ortho intramolecular Hbond substituents is 2. The van der Waals surface area contributed by atoms with E-state index in [1.165, 1.54) is 27.8 Å². The summed E-state index contributed by atoms with van der Waals surface area (Å²) in [4.78, 5) is 0. The number of hydrogen-bond acceptors (Lipinski definition) is 4. The molecular formula is C36H36O4. The van der Waals surface area contributed by atoms with E-state index in [-0.39, 0.29) is 35.5 Å². The summed E-state index contributed by atoms with van der Waals surface area (Å²) < 4.78 is 12.7. The molecule has 4 nitrogen and oxygen atoms in total. The van der Waals surface area contributed by atoms with Crippen molar-refractivity contribution in [1.29, 1.82) is 0 Å². The quantitative estimate of drug-likeness (QED) is 0.260. The molecule has 2 N–H and O–H groups in total. The van der Waals surface area contributed by atoms with E-state index in [0.717, 1.165) is 29.0 Å². The summed E-state index contributed by atoms with van der Waals surface area (Å²) in [6, 6.07) is 27.8. The third-order valence-corrected chi connectivity index (χ3v) is 8.66. The van der Waals surface area contributed by atoms with Crippen molar-refractivity contribution in [2.75, 3.05) is 0 Å². The van der Waals surface area contributed by atoms with E-state index >= 15 is 0 Å². The predicted molar refractivity (Wildman–Crippen MR) is 159 cm³/mol. The average molecular weight is 533 g/mol. The van der Waals surface area contributed by atoms with Gasteiger partial charge in [0.25, 0.3) is 0 Å². The van der Waals surface area contributed by atoms with E-state index in [4.69, 9.17) is 9.47 Å². The second kappa shape index (κ2) is 10.4. The molecule has 5 atom stereocenters. The van der Waals surface area contributed by atoms with Crippen LogP contribution in [0.1, 0.15) is 97.5 Å². The summed E-state index contributed by atoms with van der Waals surface area (Å²) in [6.07, 6.45) is 3.20. The Morgan fingerprint density at radius 1 is 0.725 bits per heavy atom. The molecule has 4 heteroatoms. The van der Waals surface area contributed by atoms with Crippen LogP contribution in [0.15, 0.2) is 90.5 Å². The SMILES string of the molecule is CC[C@H](/C(C)=C/c1ccc2c(c1)[C@@H](C)[C@H](c1ccc(O)cc1)O2)c1ccc2c(c1)[C@@H](C)[C@H](c1ccc(O)cc1)O2. The Morgan fingerprint density at radius 2 is 1.23 bits per heavy atom. The van der Waals surface area contributed by atoms with Crippen molar-refractivity contribution >= 4 is 6.08 Å². The number of hydrogen-bond donors (Lipinski definition) is 2. The van der Waals surface area contributed by atoms with Crippen molar-refractivity contribution < 1.29 is 19.7 Å². The van der Waals surface area contributed by atoms with Crippen LogP contribution < -0.4 is 9.47 Å². The third-order valence-electron chi connectivity index (χ3n) is 8.66. The molecule has 4 aromatic rings. The van der Waals surface area contributed by atoms with Crippen molar-refractivity contribution in [3.63, 3.8) is 0 Å². The summed E-state index contributed by atoms with van der Waals surface area (Å²) in [5.74, 6) is 3.16. The van der Waals surface area contributed by atoms with Gasteiger partial charge in [-0.15, -0.1) is 0 Å². The molecule has 2 aliphatic heterocycles. The van der Waals surface area contributed by atoms with Crippen LogP contribution >= 0.6 is 0 Å². The molecule has 0 amide bonds. The minimum Gasteiger partial charge on any atom is -0.508 e. The Hall–Kier alpha value is -4.18. The lowest BCUT2D eigenvalue weighted by atomic mass is 9.85. The van der Waals surface area contributed by atoms with Gasteiger partial charge in [-0.25, -0.2) is 0 Å². The lowest BCUT2D eigenvalue weighted by Gasteiger charge is -2.18. The third kappa shape index (κ3) is 4.72. The smallest absolute Gasteiger partial charge is 0.130 e. The minimum absolute atomic E-state index is 0.0522. The number of rotatable bonds is 6. The molecule has 0 spiro atoms. The first-order valence-electron chi connectivity index (χ1n) is 14.2. The van der Waals surface area contributed by atoms with Gasteiger partial charge in [-0.05, 0) is 78.1 Å². The topological polar surface area (TPSA) is 58.9 Å². The van der Waals surface area contributed by atoms with Crippen LogP contribution in [0.5, 0.6) is 23.0 Å². The first-order valence-corrected chi connectivity index (χ1v) is 14.2. The van der Waals surface area contributed by atoms with E-state index < -0.39 is 0 Å². The number of ether oxygens (including phenoxy) is 2. The Bertz CT molecular complexity index is 1550. The molecule has 0 saturated heterocycles. The molecule has 0 unspecified atom stereocenters. The molecule has 0 aliphatic carbocycles. The Kier molecular flexibility index (Phi) is 6.79. The van der Waals surface area contributed by atoms with Crippen LogP contribution in [0.25, 0.3) is 6.08 Å². The van der Waals surface area contributed by atoms with E-state index in [0.29, 0.717) is 5.92 Å². The number of benzene rings is 4. The van der Waals surface area contributed by atoms with Gasteiger partial charge in [0, 0.05) is 28.9 Å². The van der Waals surface area contributed by atoms with Crippen LogP contribution in [0, 0.1) is 0 Å². The molecule has 0 bridgehead atoms. The molecule has 0 aromatic heterocycles. The van der Waals surface area contributed by atoms with Crippen LogP contribution in [0.3, 0.4) is 0 Å². The number of fused-ring (bicyclic) bond motifs is 2. The van der Waals surface area contributed by atoms with Gasteiger partial charge in [-0.1, -0.05) is 74.9 Å². The lowest BCUT2D eigenvalue weighted by Crippen LogP contribution is -2.07. The van der Waals surface area contributed by atoms with Crippen LogP contribution in [0.2, 0.25) is 0 Å². The van der Waals surface area contributed by atoms with Gasteiger partial charge in [-0.3, -0.25) is 0 Å². The van der Waals surface area contributed by atoms with E-state index in [9.17, 15) is 10.2 Å². The molecule has 2 aliphatic rings. The molecule has 0 fully saturated rings. The molecule has 0 radical (unpaired) electrons. The van der Waals surface area contributed by atoms with Gasteiger partial charge in [0.2, 0.25) is 0 Å². The van der Waals surface area contributed by atoms with Gasteiger partial charge >= 0.3 is 0 Å². The highest BCUT2D eigenvalue weighted by Gasteiger charge is 2.34. The van der Waals surface area contributed by atoms with Crippen molar-refractivity contribution in [3.05, 3.63) is 124 Å². The van der Waals surface area contributed by atoms with E-state index in [1.807, 2.05) is 24.3 Å². The van der Waals surface area contributed by atoms with Gasteiger partial charge < -0.3 is 19.7 Å². The standard InChI is InChI=1S/C36H36O4/c1-5-30(27-11-17-34-32(20-27)23(4)36(40-34)26-9-14-29(38)15-10-26)21(2)18-24-6-16-33-31(19-24)22(3)35(39-33)25-7-12-28(37)13-8-25/h6-20,22-23,30,35-38H,5H2,1-4H3/b21-18+/t22-,23-,30-,35-,36-/m1/s1. The number of allylic oxidation sites excluding steroid dienone is 1. The lowest BCUT2D eigenvalue weighted by molar-refractivity contribution is 0.216. The Morgan fingerprint density at radius 3 is 1.75 bits per heavy atom. The molecule has 4 aromatic carbocycles. The highest BCUT2D eigenvalue weighted by Crippen LogP contribution is 2.48. The fraction of sp³-hybridized carbons (Fsp3) is 0.278. The highest BCUT2D eigenvalue weighted by molar-refractivity contribution is 5.60. The first-order chi connectivity index (χ1) is 19.3. The molecule has 40 heavy (non-hydrogen) atoms. The monoisotopic (exact) mass is 532 g/mol. The van der Waals surface area contributed by atoms with Crippen LogP contribution in [0.4, 0.5) is 0 Å². The van der Waals surface area contributed by atoms with Gasteiger partial charge in [0.05, 0.1) is 0 Å². The molecule has 0 saturated carbocycles. The van der Waals surface area contributed by atoms with Crippen LogP contribution in [-0.2, 0) is 0 Å². The zero-order chi connectivity index (χ0) is 28.0. The second-order valence-corrected chi connectivity index (χ2v) is 11.3. The molecule has 6 rings (SSSR count). The van der Waals surface area contributed by atoms with Crippen molar-refractivity contribution in [3.8, 4) is 23.0 Å². The van der Waals surface area contributed by atoms with Crippen molar-refractivity contribution in [2.45, 2.75) is 64.1 Å². The van der Waals surface area contributed by atoms with E-state index in [2.05, 4.69) is 70.2 Å². The largest absolute Gasteiger partial charge is 0.508 e. The van der Waals surface area contributed by atoms with E-state index in [1.54, 1.807) is 24.3 Å². The maximum Gasteiger partial charge on any atom is 0.130 e. The Labute approximate surface area is 236 Å². The zero-order valence-corrected chi connectivity index (χ0v) is 23.5. The predicted octanol–water partition coefficient (Wildman–Crippen LogP) is 9.17. The van der Waals surface area contributed by atoms with Crippen molar-refractivity contribution in [1.82, 2.24) is 0 Å². The summed E-state index contributed by atoms with van der Waals surface area (Å²) in [7, 11) is 0. The van der Waals surface area contributed by atoms with Gasteiger partial charge in [-0.2, -0.15) is 0 Å². The zero-order valence-electron chi connectivity index (χ0n) is 23.5. The Balaban J connectivity index is 1.23. The fourth-order valence-electron chi connectivity index (χ4n) is 6.40. The molecule has 204 valence electrons. The van der Waals surface area contributed by atoms with Crippen molar-refractivity contribution in [2.24, 2.45) is 0 Å². The molecular weight excluding hydrogens is 496 g/mol. The second-order valence-electron chi connectivity index (χ2n) is 11.3. The minimum atomic E-state index is -0.0552. The summed E-state index contributed by atoms with van der Waals surface area (Å²) in [5, 5.41) is 19.4.